The highest BCUT2D eigenvalue weighted by Gasteiger charge is 2.42. The van der Waals surface area contributed by atoms with Crippen LogP contribution in [-0.4, -0.2) is 93.4 Å². The van der Waals surface area contributed by atoms with Gasteiger partial charge in [0.15, 0.2) is 0 Å². The highest BCUT2D eigenvalue weighted by Crippen LogP contribution is 2.34. The number of piperidine rings is 1. The third-order valence-corrected chi connectivity index (χ3v) is 7.17. The molecule has 1 saturated carbocycles. The summed E-state index contributed by atoms with van der Waals surface area (Å²) in [5.74, 6) is 0.835. The van der Waals surface area contributed by atoms with Crippen LogP contribution in [0, 0.1) is 11.8 Å². The lowest BCUT2D eigenvalue weighted by Gasteiger charge is -2.41. The van der Waals surface area contributed by atoms with Crippen LogP contribution in [0.1, 0.15) is 25.7 Å². The monoisotopic (exact) mass is 459 g/mol. The van der Waals surface area contributed by atoms with Crippen LogP contribution in [-0.2, 0) is 19.1 Å². The van der Waals surface area contributed by atoms with Gasteiger partial charge < -0.3 is 24.4 Å². The Morgan fingerprint density at radius 1 is 1.06 bits per heavy atom. The second-order valence-electron chi connectivity index (χ2n) is 9.38. The molecule has 3 aliphatic rings. The van der Waals surface area contributed by atoms with Crippen LogP contribution in [0.15, 0.2) is 30.3 Å². The summed E-state index contributed by atoms with van der Waals surface area (Å²) in [7, 11) is 1.51. The molecule has 1 aromatic rings. The molecule has 33 heavy (non-hydrogen) atoms. The first-order chi connectivity index (χ1) is 16.1. The SMILES string of the molecule is COCC(=O)N[C@@H]1C[C@H](COc2ccccc2)C[C@H]1C(=O)N1CCC(N2CCOCC2)CC1. The minimum atomic E-state index is -0.213. The molecule has 3 atom stereocenters. The number of likely N-dealkylation sites (tertiary alicyclic amines) is 1. The smallest absolute Gasteiger partial charge is 0.246 e. The van der Waals surface area contributed by atoms with Crippen molar-refractivity contribution < 1.29 is 23.8 Å². The molecule has 0 radical (unpaired) electrons. The minimum absolute atomic E-state index is 0.00748. The zero-order chi connectivity index (χ0) is 23.0. The molecule has 4 rings (SSSR count). The number of morpholine rings is 1. The lowest BCUT2D eigenvalue weighted by Crippen LogP contribution is -2.52. The third kappa shape index (κ3) is 6.46. The van der Waals surface area contributed by atoms with Gasteiger partial charge in [0, 0.05) is 45.4 Å². The van der Waals surface area contributed by atoms with Crippen molar-refractivity contribution in [2.45, 2.75) is 37.8 Å². The van der Waals surface area contributed by atoms with Crippen molar-refractivity contribution in [3.8, 4) is 5.75 Å². The Labute approximate surface area is 196 Å². The Balaban J connectivity index is 1.34. The van der Waals surface area contributed by atoms with E-state index >= 15 is 0 Å². The summed E-state index contributed by atoms with van der Waals surface area (Å²) < 4.78 is 16.4. The summed E-state index contributed by atoms with van der Waals surface area (Å²) in [5.41, 5.74) is 0. The molecule has 1 aliphatic carbocycles. The fourth-order valence-corrected chi connectivity index (χ4v) is 5.45. The lowest BCUT2D eigenvalue weighted by atomic mass is 9.97. The number of nitrogens with zero attached hydrogens (tertiary/aromatic N) is 2. The molecule has 2 saturated heterocycles. The maximum atomic E-state index is 13.5. The first-order valence-corrected chi connectivity index (χ1v) is 12.2. The molecule has 8 nitrogen and oxygen atoms in total. The second-order valence-corrected chi connectivity index (χ2v) is 9.38. The molecule has 1 aromatic carbocycles. The Morgan fingerprint density at radius 3 is 2.48 bits per heavy atom. The molecule has 0 unspecified atom stereocenters. The highest BCUT2D eigenvalue weighted by atomic mass is 16.5. The normalized spacial score (nSPS) is 26.8. The molecule has 1 N–H and O–H groups in total. The summed E-state index contributed by atoms with van der Waals surface area (Å²) >= 11 is 0. The second kappa shape index (κ2) is 11.8. The predicted octanol–water partition coefficient (Wildman–Crippen LogP) is 1.55. The maximum absolute atomic E-state index is 13.5. The van der Waals surface area contributed by atoms with E-state index in [2.05, 4.69) is 10.2 Å². The lowest BCUT2D eigenvalue weighted by molar-refractivity contribution is -0.138. The number of methoxy groups -OCH3 is 1. The van der Waals surface area contributed by atoms with E-state index in [-0.39, 0.29) is 36.3 Å². The zero-order valence-corrected chi connectivity index (χ0v) is 19.6. The largest absolute Gasteiger partial charge is 0.493 e. The molecule has 8 heteroatoms. The third-order valence-electron chi connectivity index (χ3n) is 7.17. The van der Waals surface area contributed by atoms with Gasteiger partial charge in [0.2, 0.25) is 11.8 Å². The van der Waals surface area contributed by atoms with Crippen LogP contribution in [0.3, 0.4) is 0 Å². The van der Waals surface area contributed by atoms with Crippen LogP contribution in [0.4, 0.5) is 0 Å². The van der Waals surface area contributed by atoms with Gasteiger partial charge in [-0.1, -0.05) is 18.2 Å². The molecule has 0 bridgehead atoms. The summed E-state index contributed by atoms with van der Waals surface area (Å²) in [6.07, 6.45) is 3.47. The van der Waals surface area contributed by atoms with Crippen LogP contribution in [0.5, 0.6) is 5.75 Å². The fourth-order valence-electron chi connectivity index (χ4n) is 5.45. The van der Waals surface area contributed by atoms with Crippen molar-refractivity contribution in [1.29, 1.82) is 0 Å². The predicted molar refractivity (Wildman–Crippen MR) is 124 cm³/mol. The molecule has 0 aromatic heterocycles. The molecular formula is C25H37N3O5. The van der Waals surface area contributed by atoms with Crippen molar-refractivity contribution in [3.05, 3.63) is 30.3 Å². The van der Waals surface area contributed by atoms with E-state index in [4.69, 9.17) is 14.2 Å². The number of hydrogen-bond acceptors (Lipinski definition) is 6. The van der Waals surface area contributed by atoms with Crippen LogP contribution in [0.25, 0.3) is 0 Å². The Bertz CT molecular complexity index is 763. The fraction of sp³-hybridized carbons (Fsp3) is 0.680. The van der Waals surface area contributed by atoms with E-state index in [1.807, 2.05) is 35.2 Å². The topological polar surface area (TPSA) is 80.3 Å². The minimum Gasteiger partial charge on any atom is -0.493 e. The van der Waals surface area contributed by atoms with Gasteiger partial charge in [-0.25, -0.2) is 0 Å². The number of benzene rings is 1. The number of ether oxygens (including phenoxy) is 3. The number of carbonyl (C=O) groups is 2. The summed E-state index contributed by atoms with van der Waals surface area (Å²) in [5, 5.41) is 3.05. The van der Waals surface area contributed by atoms with Crippen LogP contribution in [0.2, 0.25) is 0 Å². The highest BCUT2D eigenvalue weighted by molar-refractivity contribution is 5.82. The average molecular weight is 460 g/mol. The van der Waals surface area contributed by atoms with E-state index in [0.29, 0.717) is 12.6 Å². The van der Waals surface area contributed by atoms with Crippen LogP contribution >= 0.6 is 0 Å². The van der Waals surface area contributed by atoms with Crippen molar-refractivity contribution in [3.63, 3.8) is 0 Å². The van der Waals surface area contributed by atoms with Gasteiger partial charge in [-0.05, 0) is 43.7 Å². The van der Waals surface area contributed by atoms with Gasteiger partial charge >= 0.3 is 0 Å². The Hall–Kier alpha value is -2.16. The summed E-state index contributed by atoms with van der Waals surface area (Å²) in [6, 6.07) is 10.1. The molecule has 3 fully saturated rings. The van der Waals surface area contributed by atoms with Crippen molar-refractivity contribution in [2.75, 3.05) is 59.7 Å². The van der Waals surface area contributed by atoms with E-state index in [1.54, 1.807) is 0 Å². The molecule has 0 spiro atoms. The summed E-state index contributed by atoms with van der Waals surface area (Å²) in [4.78, 5) is 30.3. The van der Waals surface area contributed by atoms with Gasteiger partial charge in [0.1, 0.15) is 12.4 Å². The Kier molecular flexibility index (Phi) is 8.58. The number of amides is 2. The van der Waals surface area contributed by atoms with Gasteiger partial charge in [-0.3, -0.25) is 14.5 Å². The van der Waals surface area contributed by atoms with Crippen LogP contribution < -0.4 is 10.1 Å². The van der Waals surface area contributed by atoms with Crippen molar-refractivity contribution in [1.82, 2.24) is 15.1 Å². The molecule has 2 heterocycles. The van der Waals surface area contributed by atoms with Crippen molar-refractivity contribution in [2.24, 2.45) is 11.8 Å². The standard InChI is InChI=1S/C25H37N3O5/c1-31-18-24(29)26-23-16-19(17-33-21-5-3-2-4-6-21)15-22(23)25(30)28-9-7-20(8-10-28)27-11-13-32-14-12-27/h2-6,19-20,22-23H,7-18H2,1H3,(H,26,29)/t19-,22-,23-/m1/s1. The Morgan fingerprint density at radius 2 is 1.79 bits per heavy atom. The maximum Gasteiger partial charge on any atom is 0.246 e. The van der Waals surface area contributed by atoms with Gasteiger partial charge in [0.25, 0.3) is 0 Å². The first-order valence-electron chi connectivity index (χ1n) is 12.2. The van der Waals surface area contributed by atoms with E-state index in [0.717, 1.165) is 70.8 Å². The molecule has 182 valence electrons. The number of rotatable bonds is 8. The number of nitrogens with one attached hydrogen (secondary N) is 1. The van der Waals surface area contributed by atoms with Gasteiger partial charge in [-0.15, -0.1) is 0 Å². The molecular weight excluding hydrogens is 422 g/mol. The number of carbonyl (C=O) groups excluding carboxylic acids is 2. The van der Waals surface area contributed by atoms with E-state index in [1.165, 1.54) is 7.11 Å². The van der Waals surface area contributed by atoms with E-state index < -0.39 is 0 Å². The molecule has 2 amide bonds. The van der Waals surface area contributed by atoms with Gasteiger partial charge in [0.05, 0.1) is 25.7 Å². The quantitative estimate of drug-likeness (QED) is 0.635. The number of hydrogen-bond donors (Lipinski definition) is 1. The first kappa shape index (κ1) is 24.0. The zero-order valence-electron chi connectivity index (χ0n) is 19.6. The van der Waals surface area contributed by atoms with Crippen molar-refractivity contribution >= 4 is 11.8 Å². The van der Waals surface area contributed by atoms with E-state index in [9.17, 15) is 9.59 Å². The average Bonchev–Trinajstić information content (AvgIpc) is 3.26. The van der Waals surface area contributed by atoms with Gasteiger partial charge in [-0.2, -0.15) is 0 Å². The number of para-hydroxylation sites is 1. The molecule has 2 aliphatic heterocycles. The summed E-state index contributed by atoms with van der Waals surface area (Å²) in [6.45, 7) is 5.68.